The largest absolute Gasteiger partial charge is 0.443 e. The summed E-state index contributed by atoms with van der Waals surface area (Å²) in [6, 6.07) is 11.6. The molecule has 0 saturated heterocycles. The number of Topliss-reactive ketones (excluding diaryl/α,β-unsaturated/α-hetero) is 1. The molecule has 124 valence electrons. The minimum atomic E-state index is -3.66. The molecule has 0 unspecified atom stereocenters. The van der Waals surface area contributed by atoms with Crippen LogP contribution in [0.15, 0.2) is 58.2 Å². The molecule has 0 spiro atoms. The number of aromatic nitrogens is 1. The summed E-state index contributed by atoms with van der Waals surface area (Å²) in [6.07, 6.45) is 1.89. The van der Waals surface area contributed by atoms with Crippen molar-refractivity contribution in [3.63, 3.8) is 0 Å². The van der Waals surface area contributed by atoms with Crippen LogP contribution in [0.1, 0.15) is 22.8 Å². The number of nitrogens with zero attached hydrogens (tertiary/aromatic N) is 1. The van der Waals surface area contributed by atoms with Crippen molar-refractivity contribution in [2.75, 3.05) is 6.54 Å². The van der Waals surface area contributed by atoms with Crippen molar-refractivity contribution in [1.82, 2.24) is 9.71 Å². The Kier molecular flexibility index (Phi) is 4.46. The topological polar surface area (TPSA) is 89.3 Å². The molecule has 2 aromatic carbocycles. The molecule has 24 heavy (non-hydrogen) atoms. The van der Waals surface area contributed by atoms with E-state index < -0.39 is 10.0 Å². The number of nitrogens with one attached hydrogen (secondary N) is 1. The van der Waals surface area contributed by atoms with E-state index in [9.17, 15) is 13.2 Å². The smallest absolute Gasteiger partial charge is 0.240 e. The molecule has 3 rings (SSSR count). The summed E-state index contributed by atoms with van der Waals surface area (Å²) in [4.78, 5) is 15.5. The number of carbonyl (C=O) groups excluding carboxylic acids is 1. The lowest BCUT2D eigenvalue weighted by atomic mass is 10.1. The van der Waals surface area contributed by atoms with Crippen molar-refractivity contribution < 1.29 is 17.6 Å². The Morgan fingerprint density at radius 3 is 2.83 bits per heavy atom. The molecular formula is C17H16N2O4S. The molecule has 0 aliphatic rings. The summed E-state index contributed by atoms with van der Waals surface area (Å²) in [5.41, 5.74) is 2.75. The lowest BCUT2D eigenvalue weighted by Gasteiger charge is -2.08. The van der Waals surface area contributed by atoms with Gasteiger partial charge < -0.3 is 4.42 Å². The maximum atomic E-state index is 12.3. The maximum absolute atomic E-state index is 12.3. The molecule has 0 aliphatic carbocycles. The van der Waals surface area contributed by atoms with E-state index in [0.29, 0.717) is 17.6 Å². The van der Waals surface area contributed by atoms with E-state index in [1.54, 1.807) is 12.1 Å². The van der Waals surface area contributed by atoms with Crippen LogP contribution < -0.4 is 4.72 Å². The van der Waals surface area contributed by atoms with Crippen LogP contribution in [0, 0.1) is 0 Å². The summed E-state index contributed by atoms with van der Waals surface area (Å²) in [5.74, 6) is -0.174. The highest BCUT2D eigenvalue weighted by Gasteiger charge is 2.14. The molecular weight excluding hydrogens is 328 g/mol. The summed E-state index contributed by atoms with van der Waals surface area (Å²) in [7, 11) is -3.66. The molecule has 0 fully saturated rings. The van der Waals surface area contributed by atoms with Crippen LogP contribution >= 0.6 is 0 Å². The van der Waals surface area contributed by atoms with Crippen molar-refractivity contribution in [3.8, 4) is 0 Å². The number of ketones is 1. The Hall–Kier alpha value is -2.51. The first-order valence-corrected chi connectivity index (χ1v) is 8.87. The summed E-state index contributed by atoms with van der Waals surface area (Å²) in [6.45, 7) is 1.64. The molecule has 0 radical (unpaired) electrons. The number of carbonyl (C=O) groups is 1. The van der Waals surface area contributed by atoms with Gasteiger partial charge in [0.25, 0.3) is 0 Å². The van der Waals surface area contributed by atoms with Gasteiger partial charge in [0.15, 0.2) is 17.8 Å². The van der Waals surface area contributed by atoms with E-state index in [1.807, 2.05) is 18.2 Å². The summed E-state index contributed by atoms with van der Waals surface area (Å²) < 4.78 is 32.4. The highest BCUT2D eigenvalue weighted by Crippen LogP contribution is 2.15. The Morgan fingerprint density at radius 1 is 1.21 bits per heavy atom. The van der Waals surface area contributed by atoms with Gasteiger partial charge in [-0.1, -0.05) is 18.2 Å². The third-order valence-corrected chi connectivity index (χ3v) is 5.11. The van der Waals surface area contributed by atoms with Crippen LogP contribution in [0.4, 0.5) is 0 Å². The van der Waals surface area contributed by atoms with Crippen molar-refractivity contribution in [2.24, 2.45) is 0 Å². The monoisotopic (exact) mass is 344 g/mol. The predicted molar refractivity (Wildman–Crippen MR) is 89.3 cm³/mol. The molecule has 1 aromatic heterocycles. The minimum Gasteiger partial charge on any atom is -0.443 e. The fourth-order valence-electron chi connectivity index (χ4n) is 2.35. The van der Waals surface area contributed by atoms with Crippen LogP contribution in [0.3, 0.4) is 0 Å². The second-order valence-electron chi connectivity index (χ2n) is 5.39. The van der Waals surface area contributed by atoms with Gasteiger partial charge in [-0.3, -0.25) is 4.79 Å². The van der Waals surface area contributed by atoms with Crippen molar-refractivity contribution >= 4 is 26.9 Å². The lowest BCUT2D eigenvalue weighted by molar-refractivity contribution is 0.101. The number of rotatable bonds is 6. The highest BCUT2D eigenvalue weighted by atomic mass is 32.2. The quantitative estimate of drug-likeness (QED) is 0.694. The van der Waals surface area contributed by atoms with E-state index >= 15 is 0 Å². The number of sulfonamides is 1. The molecule has 6 nitrogen and oxygen atoms in total. The lowest BCUT2D eigenvalue weighted by Crippen LogP contribution is -2.26. The molecule has 0 saturated carbocycles. The second kappa shape index (κ2) is 6.54. The first kappa shape index (κ1) is 16.4. The Morgan fingerprint density at radius 2 is 2.04 bits per heavy atom. The van der Waals surface area contributed by atoms with Crippen LogP contribution in [0.25, 0.3) is 11.1 Å². The van der Waals surface area contributed by atoms with Gasteiger partial charge in [0.2, 0.25) is 10.0 Å². The first-order chi connectivity index (χ1) is 11.5. The minimum absolute atomic E-state index is 0.0842. The number of hydrogen-bond acceptors (Lipinski definition) is 5. The van der Waals surface area contributed by atoms with E-state index in [0.717, 1.165) is 11.1 Å². The fourth-order valence-corrected chi connectivity index (χ4v) is 3.43. The molecule has 0 bridgehead atoms. The van der Waals surface area contributed by atoms with Gasteiger partial charge in [0, 0.05) is 12.1 Å². The predicted octanol–water partition coefficient (Wildman–Crippen LogP) is 2.55. The average Bonchev–Trinajstić information content (AvgIpc) is 3.02. The Bertz CT molecular complexity index is 993. The van der Waals surface area contributed by atoms with E-state index in [-0.39, 0.29) is 17.2 Å². The van der Waals surface area contributed by atoms with E-state index in [2.05, 4.69) is 9.71 Å². The zero-order valence-electron chi connectivity index (χ0n) is 13.0. The molecule has 0 aliphatic heterocycles. The molecule has 7 heteroatoms. The van der Waals surface area contributed by atoms with Gasteiger partial charge in [-0.25, -0.2) is 18.1 Å². The van der Waals surface area contributed by atoms with Crippen LogP contribution in [0.2, 0.25) is 0 Å². The maximum Gasteiger partial charge on any atom is 0.240 e. The number of fused-ring (bicyclic) bond motifs is 1. The van der Waals surface area contributed by atoms with Gasteiger partial charge in [0.05, 0.1) is 4.90 Å². The van der Waals surface area contributed by atoms with Gasteiger partial charge in [-0.2, -0.15) is 0 Å². The number of benzene rings is 2. The fraction of sp³-hybridized carbons (Fsp3) is 0.176. The van der Waals surface area contributed by atoms with E-state index in [4.69, 9.17) is 4.42 Å². The summed E-state index contributed by atoms with van der Waals surface area (Å²) in [5, 5.41) is 0. The Labute approximate surface area is 139 Å². The molecule has 1 N–H and O–H groups in total. The summed E-state index contributed by atoms with van der Waals surface area (Å²) >= 11 is 0. The first-order valence-electron chi connectivity index (χ1n) is 7.38. The number of hydrogen-bond donors (Lipinski definition) is 1. The number of oxazole rings is 1. The second-order valence-corrected chi connectivity index (χ2v) is 7.15. The standard InChI is InChI=1S/C17H16N2O4S/c1-12(20)14-3-2-4-15(10-14)24(21,22)19-8-7-13-5-6-16-17(9-13)23-11-18-16/h2-6,9-11,19H,7-8H2,1H3. The van der Waals surface area contributed by atoms with Gasteiger partial charge in [-0.15, -0.1) is 0 Å². The van der Waals surface area contributed by atoms with Crippen molar-refractivity contribution in [2.45, 2.75) is 18.2 Å². The SMILES string of the molecule is CC(=O)c1cccc(S(=O)(=O)NCCc2ccc3ncoc3c2)c1. The van der Waals surface area contributed by atoms with Gasteiger partial charge in [0.1, 0.15) is 5.52 Å². The van der Waals surface area contributed by atoms with Crippen LogP contribution in [-0.2, 0) is 16.4 Å². The normalized spacial score (nSPS) is 11.7. The average molecular weight is 344 g/mol. The third kappa shape index (κ3) is 3.52. The molecule has 0 amide bonds. The van der Waals surface area contributed by atoms with Gasteiger partial charge in [-0.05, 0) is 43.2 Å². The van der Waals surface area contributed by atoms with E-state index in [1.165, 1.54) is 25.5 Å². The zero-order valence-corrected chi connectivity index (χ0v) is 13.8. The highest BCUT2D eigenvalue weighted by molar-refractivity contribution is 7.89. The molecule has 3 aromatic rings. The van der Waals surface area contributed by atoms with Crippen molar-refractivity contribution in [3.05, 3.63) is 60.0 Å². The third-order valence-electron chi connectivity index (χ3n) is 3.65. The van der Waals surface area contributed by atoms with Gasteiger partial charge >= 0.3 is 0 Å². The molecule has 1 heterocycles. The zero-order chi connectivity index (χ0) is 17.2. The van der Waals surface area contributed by atoms with Crippen molar-refractivity contribution in [1.29, 1.82) is 0 Å². The Balaban J connectivity index is 1.68. The molecule has 0 atom stereocenters. The van der Waals surface area contributed by atoms with Crippen LogP contribution in [0.5, 0.6) is 0 Å². The van der Waals surface area contributed by atoms with Crippen LogP contribution in [-0.4, -0.2) is 25.7 Å².